The van der Waals surface area contributed by atoms with E-state index in [0.29, 0.717) is 30.5 Å². The molecule has 124 valence electrons. The Morgan fingerprint density at radius 1 is 1.32 bits per heavy atom. The van der Waals surface area contributed by atoms with Crippen LogP contribution in [0.1, 0.15) is 25.8 Å². The summed E-state index contributed by atoms with van der Waals surface area (Å²) in [6.45, 7) is 4.63. The Kier molecular flexibility index (Phi) is 7.70. The third-order valence-corrected chi connectivity index (χ3v) is 3.05. The molecule has 0 amide bonds. The van der Waals surface area contributed by atoms with E-state index in [4.69, 9.17) is 14.6 Å². The molecular formula is C16H25NO5. The zero-order valence-corrected chi connectivity index (χ0v) is 13.3. The third-order valence-electron chi connectivity index (χ3n) is 3.05. The Bertz CT molecular complexity index is 476. The van der Waals surface area contributed by atoms with Gasteiger partial charge in [0.15, 0.2) is 11.5 Å². The highest BCUT2D eigenvalue weighted by Crippen LogP contribution is 2.28. The van der Waals surface area contributed by atoms with Crippen LogP contribution in [0.4, 0.5) is 0 Å². The summed E-state index contributed by atoms with van der Waals surface area (Å²) >= 11 is 0. The van der Waals surface area contributed by atoms with Crippen molar-refractivity contribution in [3.8, 4) is 11.5 Å². The number of nitrogens with one attached hydrogen (secondary N) is 1. The minimum atomic E-state index is -0.833. The molecule has 1 atom stereocenters. The fourth-order valence-electron chi connectivity index (χ4n) is 1.85. The Morgan fingerprint density at radius 3 is 2.64 bits per heavy atom. The topological polar surface area (TPSA) is 88.0 Å². The summed E-state index contributed by atoms with van der Waals surface area (Å²) in [6.07, 6.45) is -0.102. The van der Waals surface area contributed by atoms with Crippen LogP contribution in [0.2, 0.25) is 0 Å². The van der Waals surface area contributed by atoms with Crippen LogP contribution in [0.3, 0.4) is 0 Å². The molecule has 1 aromatic rings. The fraction of sp³-hybridized carbons (Fsp3) is 0.562. The van der Waals surface area contributed by atoms with Gasteiger partial charge in [-0.05, 0) is 24.1 Å². The van der Waals surface area contributed by atoms with E-state index in [2.05, 4.69) is 5.32 Å². The van der Waals surface area contributed by atoms with Gasteiger partial charge < -0.3 is 25.0 Å². The van der Waals surface area contributed by atoms with Gasteiger partial charge in [0.25, 0.3) is 0 Å². The molecule has 0 aliphatic heterocycles. The number of aliphatic carboxylic acids is 1. The molecule has 0 bridgehead atoms. The number of hydrogen-bond donors (Lipinski definition) is 3. The predicted octanol–water partition coefficient (Wildman–Crippen LogP) is 1.45. The number of carboxylic acids is 1. The van der Waals surface area contributed by atoms with Gasteiger partial charge in [-0.3, -0.25) is 4.79 Å². The highest BCUT2D eigenvalue weighted by atomic mass is 16.5. The van der Waals surface area contributed by atoms with Gasteiger partial charge in [-0.1, -0.05) is 19.9 Å². The number of aliphatic hydroxyl groups excluding tert-OH is 1. The van der Waals surface area contributed by atoms with Crippen molar-refractivity contribution in [3.63, 3.8) is 0 Å². The maximum absolute atomic E-state index is 10.6. The zero-order valence-electron chi connectivity index (χ0n) is 13.3. The molecule has 0 spiro atoms. The molecule has 0 radical (unpaired) electrons. The highest BCUT2D eigenvalue weighted by Gasteiger charge is 2.10. The van der Waals surface area contributed by atoms with Crippen LogP contribution < -0.4 is 14.8 Å². The maximum atomic E-state index is 10.6. The van der Waals surface area contributed by atoms with Crippen molar-refractivity contribution in [1.82, 2.24) is 5.32 Å². The first-order valence-corrected chi connectivity index (χ1v) is 7.35. The van der Waals surface area contributed by atoms with E-state index in [1.165, 1.54) is 7.11 Å². The van der Waals surface area contributed by atoms with E-state index in [-0.39, 0.29) is 13.0 Å². The SMILES string of the molecule is COc1cc(CCC(=O)O)ccc1OCC(O)CNC(C)C. The lowest BCUT2D eigenvalue weighted by molar-refractivity contribution is -0.136. The van der Waals surface area contributed by atoms with E-state index in [0.717, 1.165) is 5.56 Å². The third kappa shape index (κ3) is 6.78. The Morgan fingerprint density at radius 2 is 2.05 bits per heavy atom. The van der Waals surface area contributed by atoms with Gasteiger partial charge in [-0.15, -0.1) is 0 Å². The van der Waals surface area contributed by atoms with Crippen molar-refractivity contribution >= 4 is 5.97 Å². The molecule has 0 aliphatic rings. The average molecular weight is 311 g/mol. The Balaban J connectivity index is 2.57. The summed E-state index contributed by atoms with van der Waals surface area (Å²) in [5.41, 5.74) is 0.869. The molecule has 0 saturated carbocycles. The summed E-state index contributed by atoms with van der Waals surface area (Å²) in [6, 6.07) is 5.60. The van der Waals surface area contributed by atoms with Crippen molar-refractivity contribution < 1.29 is 24.5 Å². The van der Waals surface area contributed by atoms with Gasteiger partial charge in [0, 0.05) is 19.0 Å². The molecule has 22 heavy (non-hydrogen) atoms. The smallest absolute Gasteiger partial charge is 0.303 e. The van der Waals surface area contributed by atoms with Crippen LogP contribution >= 0.6 is 0 Å². The molecule has 1 aromatic carbocycles. The normalized spacial score (nSPS) is 12.2. The summed E-state index contributed by atoms with van der Waals surface area (Å²) in [5, 5.41) is 21.7. The van der Waals surface area contributed by atoms with Gasteiger partial charge in [0.1, 0.15) is 12.7 Å². The summed E-state index contributed by atoms with van der Waals surface area (Å²) in [5.74, 6) is 0.233. The fourth-order valence-corrected chi connectivity index (χ4v) is 1.85. The number of carboxylic acid groups (broad SMARTS) is 1. The molecule has 0 saturated heterocycles. The van der Waals surface area contributed by atoms with Gasteiger partial charge in [0.2, 0.25) is 0 Å². The molecular weight excluding hydrogens is 286 g/mol. The van der Waals surface area contributed by atoms with Gasteiger partial charge in [0.05, 0.1) is 7.11 Å². The van der Waals surface area contributed by atoms with E-state index in [1.54, 1.807) is 18.2 Å². The zero-order chi connectivity index (χ0) is 16.5. The van der Waals surface area contributed by atoms with Gasteiger partial charge in [-0.25, -0.2) is 0 Å². The van der Waals surface area contributed by atoms with Crippen LogP contribution in [-0.2, 0) is 11.2 Å². The number of carbonyl (C=O) groups is 1. The highest BCUT2D eigenvalue weighted by molar-refractivity contribution is 5.67. The van der Waals surface area contributed by atoms with Crippen molar-refractivity contribution in [3.05, 3.63) is 23.8 Å². The number of hydrogen-bond acceptors (Lipinski definition) is 5. The van der Waals surface area contributed by atoms with E-state index < -0.39 is 12.1 Å². The van der Waals surface area contributed by atoms with Crippen molar-refractivity contribution in [2.75, 3.05) is 20.3 Å². The quantitative estimate of drug-likeness (QED) is 0.606. The minimum absolute atomic E-state index is 0.0724. The monoisotopic (exact) mass is 311 g/mol. The predicted molar refractivity (Wildman–Crippen MR) is 83.6 cm³/mol. The van der Waals surface area contributed by atoms with Crippen molar-refractivity contribution in [1.29, 1.82) is 0 Å². The molecule has 6 nitrogen and oxygen atoms in total. The van der Waals surface area contributed by atoms with E-state index in [1.807, 2.05) is 13.8 Å². The van der Waals surface area contributed by atoms with Crippen LogP contribution in [0.25, 0.3) is 0 Å². The summed E-state index contributed by atoms with van der Waals surface area (Å²) in [7, 11) is 1.53. The summed E-state index contributed by atoms with van der Waals surface area (Å²) < 4.78 is 10.8. The first-order valence-electron chi connectivity index (χ1n) is 7.35. The lowest BCUT2D eigenvalue weighted by atomic mass is 10.1. The Labute approximate surface area is 131 Å². The number of ether oxygens (including phenoxy) is 2. The second kappa shape index (κ2) is 9.27. The van der Waals surface area contributed by atoms with Crippen LogP contribution in [0.15, 0.2) is 18.2 Å². The molecule has 1 rings (SSSR count). The molecule has 0 aromatic heterocycles. The molecule has 0 heterocycles. The second-order valence-electron chi connectivity index (χ2n) is 5.41. The molecule has 6 heteroatoms. The maximum Gasteiger partial charge on any atom is 0.303 e. The van der Waals surface area contributed by atoms with E-state index >= 15 is 0 Å². The standard InChI is InChI=1S/C16H25NO5/c1-11(2)17-9-13(18)10-22-14-6-4-12(5-7-16(19)20)8-15(14)21-3/h4,6,8,11,13,17-18H,5,7,9-10H2,1-3H3,(H,19,20). The Hall–Kier alpha value is -1.79. The molecule has 0 fully saturated rings. The number of aliphatic hydroxyl groups is 1. The minimum Gasteiger partial charge on any atom is -0.493 e. The van der Waals surface area contributed by atoms with Crippen LogP contribution in [0.5, 0.6) is 11.5 Å². The largest absolute Gasteiger partial charge is 0.493 e. The van der Waals surface area contributed by atoms with Gasteiger partial charge >= 0.3 is 5.97 Å². The van der Waals surface area contributed by atoms with Crippen molar-refractivity contribution in [2.45, 2.75) is 38.8 Å². The first-order chi connectivity index (χ1) is 10.4. The lowest BCUT2D eigenvalue weighted by Gasteiger charge is -2.16. The number of aryl methyl sites for hydroxylation is 1. The lowest BCUT2D eigenvalue weighted by Crippen LogP contribution is -2.35. The van der Waals surface area contributed by atoms with Crippen LogP contribution in [0, 0.1) is 0 Å². The van der Waals surface area contributed by atoms with Gasteiger partial charge in [-0.2, -0.15) is 0 Å². The average Bonchev–Trinajstić information content (AvgIpc) is 2.48. The molecule has 1 unspecified atom stereocenters. The van der Waals surface area contributed by atoms with E-state index in [9.17, 15) is 9.90 Å². The number of rotatable bonds is 10. The summed E-state index contributed by atoms with van der Waals surface area (Å²) in [4.78, 5) is 10.6. The molecule has 3 N–H and O–H groups in total. The number of benzene rings is 1. The first kappa shape index (κ1) is 18.3. The second-order valence-corrected chi connectivity index (χ2v) is 5.41. The van der Waals surface area contributed by atoms with Crippen molar-refractivity contribution in [2.24, 2.45) is 0 Å². The molecule has 0 aliphatic carbocycles. The number of methoxy groups -OCH3 is 1. The van der Waals surface area contributed by atoms with Crippen LogP contribution in [-0.4, -0.2) is 48.6 Å².